The second-order valence-corrected chi connectivity index (χ2v) is 6.09. The lowest BCUT2D eigenvalue weighted by Crippen LogP contribution is -2.49. The lowest BCUT2D eigenvalue weighted by atomic mass is 9.82. The van der Waals surface area contributed by atoms with Crippen LogP contribution in [0.4, 0.5) is 4.79 Å². The van der Waals surface area contributed by atoms with Crippen molar-refractivity contribution in [3.63, 3.8) is 0 Å². The molecular formula is C19H25NO6. The van der Waals surface area contributed by atoms with Crippen LogP contribution >= 0.6 is 0 Å². The normalized spacial score (nSPS) is 12.6. The molecule has 1 rings (SSSR count). The van der Waals surface area contributed by atoms with Gasteiger partial charge >= 0.3 is 18.0 Å². The van der Waals surface area contributed by atoms with Crippen molar-refractivity contribution in [1.29, 1.82) is 0 Å². The number of aliphatic carboxylic acids is 2. The van der Waals surface area contributed by atoms with Crippen LogP contribution in [-0.2, 0) is 20.9 Å². The number of amides is 1. The van der Waals surface area contributed by atoms with Gasteiger partial charge in [0, 0.05) is 0 Å². The van der Waals surface area contributed by atoms with Crippen molar-refractivity contribution >= 4 is 18.0 Å². The fourth-order valence-electron chi connectivity index (χ4n) is 2.97. The molecule has 0 aromatic heterocycles. The van der Waals surface area contributed by atoms with Crippen molar-refractivity contribution in [3.05, 3.63) is 47.0 Å². The number of rotatable bonds is 9. The van der Waals surface area contributed by atoms with Crippen molar-refractivity contribution < 1.29 is 29.3 Å². The minimum atomic E-state index is -1.53. The van der Waals surface area contributed by atoms with Crippen LogP contribution < -0.4 is 5.32 Å². The number of hydrogen-bond donors (Lipinski definition) is 3. The van der Waals surface area contributed by atoms with Crippen LogP contribution in [0.15, 0.2) is 41.5 Å². The summed E-state index contributed by atoms with van der Waals surface area (Å²) in [5, 5.41) is 21.2. The van der Waals surface area contributed by atoms with Crippen LogP contribution in [0.25, 0.3) is 0 Å². The van der Waals surface area contributed by atoms with Crippen LogP contribution in [0.5, 0.6) is 0 Å². The van der Waals surface area contributed by atoms with Crippen LogP contribution in [0.2, 0.25) is 0 Å². The molecule has 0 fully saturated rings. The van der Waals surface area contributed by atoms with Gasteiger partial charge in [0.1, 0.15) is 12.2 Å². The third-order valence-electron chi connectivity index (χ3n) is 4.09. The molecule has 0 radical (unpaired) electrons. The largest absolute Gasteiger partial charge is 0.477 e. The number of carboxylic acids is 2. The van der Waals surface area contributed by atoms with Crippen molar-refractivity contribution in [3.8, 4) is 0 Å². The van der Waals surface area contributed by atoms with Gasteiger partial charge in [-0.15, -0.1) is 0 Å². The number of benzene rings is 1. The molecule has 26 heavy (non-hydrogen) atoms. The Labute approximate surface area is 152 Å². The van der Waals surface area contributed by atoms with E-state index in [1.807, 2.05) is 37.3 Å². The molecule has 1 atom stereocenters. The highest BCUT2D eigenvalue weighted by molar-refractivity contribution is 6.13. The van der Waals surface area contributed by atoms with Gasteiger partial charge in [-0.3, -0.25) is 0 Å². The molecule has 142 valence electrons. The first-order valence-corrected chi connectivity index (χ1v) is 8.44. The van der Waals surface area contributed by atoms with E-state index in [-0.39, 0.29) is 18.6 Å². The van der Waals surface area contributed by atoms with Gasteiger partial charge in [0.25, 0.3) is 0 Å². The molecule has 0 aliphatic heterocycles. The van der Waals surface area contributed by atoms with Gasteiger partial charge in [-0.2, -0.15) is 0 Å². The summed E-state index contributed by atoms with van der Waals surface area (Å²) in [5.41, 5.74) is -0.894. The summed E-state index contributed by atoms with van der Waals surface area (Å²) >= 11 is 0. The van der Waals surface area contributed by atoms with Gasteiger partial charge in [-0.1, -0.05) is 50.6 Å². The fourth-order valence-corrected chi connectivity index (χ4v) is 2.97. The Morgan fingerprint density at radius 3 is 2.12 bits per heavy atom. The molecule has 0 spiro atoms. The fraction of sp³-hybridized carbons (Fsp3) is 0.421. The summed E-state index contributed by atoms with van der Waals surface area (Å²) in [6.07, 6.45) is 0.432. The first kappa shape index (κ1) is 21.2. The van der Waals surface area contributed by atoms with E-state index in [4.69, 9.17) is 4.74 Å². The molecule has 1 aromatic rings. The lowest BCUT2D eigenvalue weighted by molar-refractivity contribution is -0.140. The van der Waals surface area contributed by atoms with E-state index in [0.717, 1.165) is 5.56 Å². The third kappa shape index (κ3) is 5.61. The lowest BCUT2D eigenvalue weighted by Gasteiger charge is -2.33. The number of carboxylic acid groups (broad SMARTS) is 2. The number of carbonyl (C=O) groups excluding carboxylic acids is 1. The standard InChI is InChI=1S/C19H25NO6/c1-4-11-19(3,14(5-2)15(16(21)22)17(23)24)20-18(25)26-12-13-9-7-6-8-10-13/h6-10H,4-5,11-12H2,1-3H3,(H,20,25)(H,21,22)(H,23,24). The molecule has 7 heteroatoms. The Bertz CT molecular complexity index is 667. The number of hydrogen-bond acceptors (Lipinski definition) is 4. The molecule has 0 saturated heterocycles. The zero-order chi connectivity index (χ0) is 19.7. The van der Waals surface area contributed by atoms with Crippen molar-refractivity contribution in [2.75, 3.05) is 0 Å². The highest BCUT2D eigenvalue weighted by Gasteiger charge is 2.36. The van der Waals surface area contributed by atoms with Crippen LogP contribution in [0, 0.1) is 0 Å². The van der Waals surface area contributed by atoms with E-state index in [1.54, 1.807) is 13.8 Å². The summed E-state index contributed by atoms with van der Waals surface area (Å²) in [6.45, 7) is 5.20. The summed E-state index contributed by atoms with van der Waals surface area (Å²) in [6, 6.07) is 9.11. The molecule has 7 nitrogen and oxygen atoms in total. The van der Waals surface area contributed by atoms with E-state index in [9.17, 15) is 24.6 Å². The molecule has 0 bridgehead atoms. The summed E-state index contributed by atoms with van der Waals surface area (Å²) in [5.74, 6) is -3.06. The highest BCUT2D eigenvalue weighted by atomic mass is 16.5. The Kier molecular flexibility index (Phi) is 7.83. The van der Waals surface area contributed by atoms with E-state index in [1.165, 1.54) is 0 Å². The summed E-state index contributed by atoms with van der Waals surface area (Å²) in [7, 11) is 0. The van der Waals surface area contributed by atoms with Crippen molar-refractivity contribution in [2.45, 2.75) is 52.2 Å². The van der Waals surface area contributed by atoms with Gasteiger partial charge in [0.15, 0.2) is 0 Å². The van der Waals surface area contributed by atoms with Crippen LogP contribution in [0.3, 0.4) is 0 Å². The number of nitrogens with one attached hydrogen (secondary N) is 1. The summed E-state index contributed by atoms with van der Waals surface area (Å²) in [4.78, 5) is 35.1. The molecule has 1 aromatic carbocycles. The van der Waals surface area contributed by atoms with Gasteiger partial charge in [-0.05, 0) is 30.9 Å². The SMILES string of the molecule is CCCC(C)(NC(=O)OCc1ccccc1)C(CC)=C(C(=O)O)C(=O)O. The molecule has 0 heterocycles. The average molecular weight is 363 g/mol. The smallest absolute Gasteiger partial charge is 0.408 e. The second-order valence-electron chi connectivity index (χ2n) is 6.09. The molecule has 0 aliphatic carbocycles. The molecule has 0 saturated carbocycles. The first-order chi connectivity index (χ1) is 12.2. The molecule has 1 unspecified atom stereocenters. The minimum Gasteiger partial charge on any atom is -0.477 e. The maximum Gasteiger partial charge on any atom is 0.408 e. The van der Waals surface area contributed by atoms with Gasteiger partial charge in [0.05, 0.1) is 5.54 Å². The van der Waals surface area contributed by atoms with E-state index in [2.05, 4.69) is 5.32 Å². The zero-order valence-electron chi connectivity index (χ0n) is 15.2. The van der Waals surface area contributed by atoms with Crippen molar-refractivity contribution in [2.24, 2.45) is 0 Å². The Morgan fingerprint density at radius 2 is 1.65 bits per heavy atom. The minimum absolute atomic E-state index is 0.0603. The summed E-state index contributed by atoms with van der Waals surface area (Å²) < 4.78 is 5.20. The second kappa shape index (κ2) is 9.60. The Morgan fingerprint density at radius 1 is 1.08 bits per heavy atom. The topological polar surface area (TPSA) is 113 Å². The molecule has 1 amide bonds. The Hall–Kier alpha value is -2.83. The van der Waals surface area contributed by atoms with E-state index >= 15 is 0 Å². The third-order valence-corrected chi connectivity index (χ3v) is 4.09. The van der Waals surface area contributed by atoms with Crippen LogP contribution in [-0.4, -0.2) is 33.8 Å². The monoisotopic (exact) mass is 363 g/mol. The first-order valence-electron chi connectivity index (χ1n) is 8.44. The molecule has 0 aliphatic rings. The van der Waals surface area contributed by atoms with Crippen molar-refractivity contribution in [1.82, 2.24) is 5.32 Å². The maximum atomic E-state index is 12.2. The Balaban J connectivity index is 3.06. The predicted octanol–water partition coefficient (Wildman–Crippen LogP) is 3.35. The van der Waals surface area contributed by atoms with Gasteiger partial charge < -0.3 is 20.3 Å². The average Bonchev–Trinajstić information content (AvgIpc) is 2.57. The van der Waals surface area contributed by atoms with Gasteiger partial charge in [-0.25, -0.2) is 14.4 Å². The van der Waals surface area contributed by atoms with Gasteiger partial charge in [0.2, 0.25) is 0 Å². The molecule has 3 N–H and O–H groups in total. The molecular weight excluding hydrogens is 338 g/mol. The number of carbonyl (C=O) groups is 3. The number of alkyl carbamates (subject to hydrolysis) is 1. The maximum absolute atomic E-state index is 12.2. The quantitative estimate of drug-likeness (QED) is 0.352. The highest BCUT2D eigenvalue weighted by Crippen LogP contribution is 2.29. The van der Waals surface area contributed by atoms with E-state index < -0.39 is 29.1 Å². The predicted molar refractivity (Wildman–Crippen MR) is 95.7 cm³/mol. The van der Waals surface area contributed by atoms with Crippen LogP contribution in [0.1, 0.15) is 45.6 Å². The zero-order valence-corrected chi connectivity index (χ0v) is 15.2. The number of ether oxygens (including phenoxy) is 1. The van der Waals surface area contributed by atoms with E-state index in [0.29, 0.717) is 12.8 Å².